The second-order valence-corrected chi connectivity index (χ2v) is 5.89. The third-order valence-corrected chi connectivity index (χ3v) is 3.74. The summed E-state index contributed by atoms with van der Waals surface area (Å²) < 4.78 is 43.0. The molecule has 0 aliphatic rings. The normalized spacial score (nSPS) is 12.5. The van der Waals surface area contributed by atoms with Crippen LogP contribution in [0.4, 0.5) is 13.2 Å². The highest BCUT2D eigenvalue weighted by Gasteiger charge is 2.29. The number of amides is 1. The molecule has 0 aliphatic carbocycles. The monoisotopic (exact) mass is 371 g/mol. The van der Waals surface area contributed by atoms with Crippen LogP contribution in [-0.2, 0) is 17.4 Å². The Morgan fingerprint density at radius 3 is 2.28 bits per heavy atom. The molecule has 0 saturated carbocycles. The number of nitrogens with one attached hydrogen (secondary N) is 1. The Kier molecular flexibility index (Phi) is 6.31. The standard InChI is InChI=1S/C18H17ClF3NO2/c1-12(25-16-8-6-15(19)7-9-16)17(24)23-11-10-13-2-4-14(5-3-13)18(20,21)22/h2-9,12H,10-11H2,1H3,(H,23,24). The molecule has 1 N–H and O–H groups in total. The van der Waals surface area contributed by atoms with Gasteiger partial charge in [-0.25, -0.2) is 0 Å². The van der Waals surface area contributed by atoms with Gasteiger partial charge in [-0.1, -0.05) is 23.7 Å². The molecule has 2 rings (SSSR count). The summed E-state index contributed by atoms with van der Waals surface area (Å²) in [7, 11) is 0. The number of carbonyl (C=O) groups excluding carboxylic acids is 1. The smallest absolute Gasteiger partial charge is 0.416 e. The molecule has 25 heavy (non-hydrogen) atoms. The van der Waals surface area contributed by atoms with Crippen LogP contribution in [0.1, 0.15) is 18.1 Å². The van der Waals surface area contributed by atoms with E-state index in [2.05, 4.69) is 5.32 Å². The summed E-state index contributed by atoms with van der Waals surface area (Å²) >= 11 is 5.77. The van der Waals surface area contributed by atoms with E-state index in [1.54, 1.807) is 31.2 Å². The fourth-order valence-electron chi connectivity index (χ4n) is 2.10. The van der Waals surface area contributed by atoms with Crippen LogP contribution in [0.5, 0.6) is 5.75 Å². The van der Waals surface area contributed by atoms with E-state index in [0.717, 1.165) is 12.1 Å². The van der Waals surface area contributed by atoms with Gasteiger partial charge in [0.1, 0.15) is 5.75 Å². The summed E-state index contributed by atoms with van der Waals surface area (Å²) in [4.78, 5) is 12.0. The van der Waals surface area contributed by atoms with Crippen molar-refractivity contribution in [2.45, 2.75) is 25.6 Å². The van der Waals surface area contributed by atoms with Crippen molar-refractivity contribution in [3.05, 3.63) is 64.7 Å². The lowest BCUT2D eigenvalue weighted by Gasteiger charge is -2.15. The topological polar surface area (TPSA) is 38.3 Å². The lowest BCUT2D eigenvalue weighted by atomic mass is 10.1. The molecule has 0 saturated heterocycles. The molecule has 0 aromatic heterocycles. The Labute approximate surface area is 148 Å². The highest BCUT2D eigenvalue weighted by Crippen LogP contribution is 2.29. The Hall–Kier alpha value is -2.21. The second-order valence-electron chi connectivity index (χ2n) is 5.45. The van der Waals surface area contributed by atoms with Crippen molar-refractivity contribution in [2.75, 3.05) is 6.54 Å². The molecule has 3 nitrogen and oxygen atoms in total. The first-order valence-electron chi connectivity index (χ1n) is 7.62. The van der Waals surface area contributed by atoms with Crippen LogP contribution >= 0.6 is 11.6 Å². The molecule has 0 radical (unpaired) electrons. The highest BCUT2D eigenvalue weighted by molar-refractivity contribution is 6.30. The quantitative estimate of drug-likeness (QED) is 0.812. The molecule has 1 unspecified atom stereocenters. The number of rotatable bonds is 6. The molecule has 0 fully saturated rings. The van der Waals surface area contributed by atoms with Gasteiger partial charge < -0.3 is 10.1 Å². The van der Waals surface area contributed by atoms with E-state index in [-0.39, 0.29) is 5.91 Å². The van der Waals surface area contributed by atoms with Gasteiger partial charge in [-0.15, -0.1) is 0 Å². The summed E-state index contributed by atoms with van der Waals surface area (Å²) in [6.07, 6.45) is -4.62. The van der Waals surface area contributed by atoms with Crippen LogP contribution in [0.2, 0.25) is 5.02 Å². The zero-order valence-corrected chi connectivity index (χ0v) is 14.2. The number of ether oxygens (including phenoxy) is 1. The number of carbonyl (C=O) groups is 1. The maximum Gasteiger partial charge on any atom is 0.416 e. The highest BCUT2D eigenvalue weighted by atomic mass is 35.5. The van der Waals surface area contributed by atoms with Crippen LogP contribution in [0.25, 0.3) is 0 Å². The summed E-state index contributed by atoms with van der Waals surface area (Å²) in [6, 6.07) is 11.5. The van der Waals surface area contributed by atoms with E-state index in [9.17, 15) is 18.0 Å². The SMILES string of the molecule is CC(Oc1ccc(Cl)cc1)C(=O)NCCc1ccc(C(F)(F)F)cc1. The largest absolute Gasteiger partial charge is 0.481 e. The number of hydrogen-bond donors (Lipinski definition) is 1. The number of alkyl halides is 3. The third kappa shape index (κ3) is 5.98. The van der Waals surface area contributed by atoms with Gasteiger partial charge >= 0.3 is 6.18 Å². The summed E-state index contributed by atoms with van der Waals surface area (Å²) in [5, 5.41) is 3.27. The molecule has 2 aromatic carbocycles. The first-order chi connectivity index (χ1) is 11.8. The van der Waals surface area contributed by atoms with Crippen molar-refractivity contribution in [3.63, 3.8) is 0 Å². The van der Waals surface area contributed by atoms with Gasteiger partial charge in [0.15, 0.2) is 6.10 Å². The average molecular weight is 372 g/mol. The zero-order chi connectivity index (χ0) is 18.4. The Bertz CT molecular complexity index is 700. The summed E-state index contributed by atoms with van der Waals surface area (Å²) in [5.74, 6) is 0.219. The van der Waals surface area contributed by atoms with E-state index in [1.165, 1.54) is 12.1 Å². The minimum Gasteiger partial charge on any atom is -0.481 e. The maximum absolute atomic E-state index is 12.5. The third-order valence-electron chi connectivity index (χ3n) is 3.49. The summed E-state index contributed by atoms with van der Waals surface area (Å²) in [5.41, 5.74) is 0.0184. The van der Waals surface area contributed by atoms with Crippen molar-refractivity contribution in [2.24, 2.45) is 0 Å². The Morgan fingerprint density at radius 2 is 1.72 bits per heavy atom. The minimum absolute atomic E-state index is 0.304. The molecule has 1 atom stereocenters. The molecular formula is C18H17ClF3NO2. The lowest BCUT2D eigenvalue weighted by Crippen LogP contribution is -2.37. The van der Waals surface area contributed by atoms with E-state index >= 15 is 0 Å². The van der Waals surface area contributed by atoms with Crippen molar-refractivity contribution in [3.8, 4) is 5.75 Å². The molecule has 7 heteroatoms. The molecular weight excluding hydrogens is 355 g/mol. The molecule has 134 valence electrons. The Morgan fingerprint density at radius 1 is 1.12 bits per heavy atom. The molecule has 0 aliphatic heterocycles. The first kappa shape index (κ1) is 19.1. The van der Waals surface area contributed by atoms with Gasteiger partial charge in [-0.3, -0.25) is 4.79 Å². The van der Waals surface area contributed by atoms with Crippen LogP contribution in [0, 0.1) is 0 Å². The molecule has 0 heterocycles. The summed E-state index contributed by atoms with van der Waals surface area (Å²) in [6.45, 7) is 1.92. The van der Waals surface area contributed by atoms with Gasteiger partial charge in [-0.2, -0.15) is 13.2 Å². The van der Waals surface area contributed by atoms with Gasteiger partial charge in [0, 0.05) is 11.6 Å². The first-order valence-corrected chi connectivity index (χ1v) is 7.99. The number of hydrogen-bond acceptors (Lipinski definition) is 2. The van der Waals surface area contributed by atoms with E-state index in [4.69, 9.17) is 16.3 Å². The van der Waals surface area contributed by atoms with E-state index in [1.807, 2.05) is 0 Å². The lowest BCUT2D eigenvalue weighted by molar-refractivity contribution is -0.137. The van der Waals surface area contributed by atoms with Crippen LogP contribution in [-0.4, -0.2) is 18.6 Å². The fraction of sp³-hybridized carbons (Fsp3) is 0.278. The van der Waals surface area contributed by atoms with Gasteiger partial charge in [0.2, 0.25) is 0 Å². The average Bonchev–Trinajstić information content (AvgIpc) is 2.56. The van der Waals surface area contributed by atoms with Crippen molar-refractivity contribution in [1.82, 2.24) is 5.32 Å². The number of halogens is 4. The zero-order valence-electron chi connectivity index (χ0n) is 13.4. The van der Waals surface area contributed by atoms with Gasteiger partial charge in [0.05, 0.1) is 5.56 Å². The van der Waals surface area contributed by atoms with Gasteiger partial charge in [-0.05, 0) is 55.3 Å². The molecule has 1 amide bonds. The van der Waals surface area contributed by atoms with Gasteiger partial charge in [0.25, 0.3) is 5.91 Å². The Balaban J connectivity index is 1.78. The van der Waals surface area contributed by atoms with Crippen molar-refractivity contribution in [1.29, 1.82) is 0 Å². The second kappa shape index (κ2) is 8.25. The molecule has 0 bridgehead atoms. The predicted molar refractivity (Wildman–Crippen MR) is 89.7 cm³/mol. The molecule has 2 aromatic rings. The maximum atomic E-state index is 12.5. The predicted octanol–water partition coefficient (Wildman–Crippen LogP) is 4.49. The molecule has 0 spiro atoms. The minimum atomic E-state index is -4.35. The van der Waals surface area contributed by atoms with Crippen LogP contribution in [0.3, 0.4) is 0 Å². The van der Waals surface area contributed by atoms with E-state index < -0.39 is 17.8 Å². The number of benzene rings is 2. The fourth-order valence-corrected chi connectivity index (χ4v) is 2.23. The van der Waals surface area contributed by atoms with Crippen LogP contribution < -0.4 is 10.1 Å². The van der Waals surface area contributed by atoms with Crippen LogP contribution in [0.15, 0.2) is 48.5 Å². The van der Waals surface area contributed by atoms with E-state index in [0.29, 0.717) is 29.3 Å². The van der Waals surface area contributed by atoms with Crippen molar-refractivity contribution >= 4 is 17.5 Å². The van der Waals surface area contributed by atoms with Crippen molar-refractivity contribution < 1.29 is 22.7 Å².